The van der Waals surface area contributed by atoms with Crippen molar-refractivity contribution in [3.63, 3.8) is 0 Å². The summed E-state index contributed by atoms with van der Waals surface area (Å²) in [5.74, 6) is 0. The topological polar surface area (TPSA) is 3.24 Å². The zero-order valence-corrected chi connectivity index (χ0v) is 8.69. The molecule has 0 radical (unpaired) electrons. The molecule has 0 aromatic heterocycles. The van der Waals surface area contributed by atoms with E-state index in [9.17, 15) is 0 Å². The molecule has 0 fully saturated rings. The van der Waals surface area contributed by atoms with Gasteiger partial charge in [0.15, 0.2) is 0 Å². The van der Waals surface area contributed by atoms with Crippen LogP contribution in [-0.4, -0.2) is 24.7 Å². The average Bonchev–Trinajstić information content (AvgIpc) is 2.30. The predicted molar refractivity (Wildman–Crippen MR) is 63.0 cm³/mol. The Labute approximate surface area is 86.5 Å². The van der Waals surface area contributed by atoms with Crippen LogP contribution in [0.5, 0.6) is 0 Å². The third-order valence-electron chi connectivity index (χ3n) is 2.90. The molecule has 1 heterocycles. The van der Waals surface area contributed by atoms with E-state index < -0.39 is 0 Å². The summed E-state index contributed by atoms with van der Waals surface area (Å²) in [6, 6.07) is 10.8. The fourth-order valence-electron chi connectivity index (χ4n) is 2.08. The van der Waals surface area contributed by atoms with Crippen molar-refractivity contribution < 1.29 is 0 Å². The molecule has 0 aliphatic carbocycles. The molecule has 1 aliphatic rings. The van der Waals surface area contributed by atoms with Crippen molar-refractivity contribution in [2.24, 2.45) is 0 Å². The van der Waals surface area contributed by atoms with Crippen molar-refractivity contribution in [2.75, 3.05) is 13.1 Å². The molecule has 14 heavy (non-hydrogen) atoms. The number of allylic oxidation sites excluding steroid dienone is 1. The van der Waals surface area contributed by atoms with Crippen molar-refractivity contribution in [3.05, 3.63) is 42.5 Å². The highest BCUT2D eigenvalue weighted by Gasteiger charge is 2.23. The normalized spacial score (nSPS) is 17.4. The number of nitrogens with zero attached hydrogens (tertiary/aromatic N) is 1. The summed E-state index contributed by atoms with van der Waals surface area (Å²) in [6.45, 7) is 5.04. The highest BCUT2D eigenvalue weighted by Crippen LogP contribution is 2.08. The van der Waals surface area contributed by atoms with E-state index in [1.807, 2.05) is 0 Å². The van der Waals surface area contributed by atoms with Gasteiger partial charge in [0.25, 0.3) is 6.85 Å². The largest absolute Gasteiger partial charge is 0.335 e. The van der Waals surface area contributed by atoms with Crippen molar-refractivity contribution in [1.82, 2.24) is 4.81 Å². The second-order valence-corrected chi connectivity index (χ2v) is 3.72. The third kappa shape index (κ3) is 1.90. The lowest BCUT2D eigenvalue weighted by Gasteiger charge is -2.29. The second kappa shape index (κ2) is 4.47. The van der Waals surface area contributed by atoms with E-state index in [0.29, 0.717) is 6.85 Å². The molecule has 0 atom stereocenters. The van der Waals surface area contributed by atoms with E-state index in [4.69, 9.17) is 0 Å². The molecule has 0 bridgehead atoms. The Morgan fingerprint density at radius 3 is 2.71 bits per heavy atom. The van der Waals surface area contributed by atoms with Crippen molar-refractivity contribution in [1.29, 1.82) is 0 Å². The number of benzene rings is 1. The Morgan fingerprint density at radius 2 is 2.00 bits per heavy atom. The van der Waals surface area contributed by atoms with Crippen LogP contribution >= 0.6 is 0 Å². The maximum atomic E-state index is 2.51. The zero-order chi connectivity index (χ0) is 9.80. The minimum absolute atomic E-state index is 0.589. The van der Waals surface area contributed by atoms with E-state index in [1.165, 1.54) is 5.46 Å². The molecular formula is C12H16BN. The summed E-state index contributed by atoms with van der Waals surface area (Å²) in [6.07, 6.45) is 5.71. The lowest BCUT2D eigenvalue weighted by atomic mass is 9.50. The van der Waals surface area contributed by atoms with Gasteiger partial charge in [0.1, 0.15) is 0 Å². The van der Waals surface area contributed by atoms with Gasteiger partial charge in [0.2, 0.25) is 0 Å². The molecule has 2 rings (SSSR count). The molecule has 1 aromatic carbocycles. The smallest absolute Gasteiger partial charge is 0.261 e. The van der Waals surface area contributed by atoms with Crippen LogP contribution < -0.4 is 5.46 Å². The molecule has 1 aliphatic heterocycles. The quantitative estimate of drug-likeness (QED) is 0.501. The van der Waals surface area contributed by atoms with Gasteiger partial charge in [-0.3, -0.25) is 0 Å². The van der Waals surface area contributed by atoms with Crippen molar-refractivity contribution in [3.8, 4) is 0 Å². The molecule has 1 nitrogen and oxygen atoms in total. The van der Waals surface area contributed by atoms with Crippen LogP contribution in [0.4, 0.5) is 0 Å². The monoisotopic (exact) mass is 185 g/mol. The van der Waals surface area contributed by atoms with Gasteiger partial charge in [-0.25, -0.2) is 0 Å². The van der Waals surface area contributed by atoms with Crippen LogP contribution in [-0.2, 0) is 0 Å². The molecule has 0 saturated carbocycles. The Hall–Kier alpha value is -1.02. The van der Waals surface area contributed by atoms with Gasteiger partial charge in [0.05, 0.1) is 0 Å². The van der Waals surface area contributed by atoms with E-state index >= 15 is 0 Å². The van der Waals surface area contributed by atoms with Gasteiger partial charge in [-0.15, -0.1) is 0 Å². The first-order chi connectivity index (χ1) is 6.92. The molecule has 0 saturated heterocycles. The van der Waals surface area contributed by atoms with E-state index in [2.05, 4.69) is 54.2 Å². The predicted octanol–water partition coefficient (Wildman–Crippen LogP) is 1.78. The summed E-state index contributed by atoms with van der Waals surface area (Å²) in [7, 11) is 0. The fraction of sp³-hybridized carbons (Fsp3) is 0.333. The summed E-state index contributed by atoms with van der Waals surface area (Å²) < 4.78 is 0. The first-order valence-corrected chi connectivity index (χ1v) is 5.36. The SMILES string of the molecule is CCN1CC=CCB1c1ccccc1. The average molecular weight is 185 g/mol. The summed E-state index contributed by atoms with van der Waals surface area (Å²) in [4.78, 5) is 2.51. The summed E-state index contributed by atoms with van der Waals surface area (Å²) in [5.41, 5.74) is 1.44. The molecule has 2 heteroatoms. The van der Waals surface area contributed by atoms with E-state index in [-0.39, 0.29) is 0 Å². The van der Waals surface area contributed by atoms with Gasteiger partial charge in [-0.2, -0.15) is 0 Å². The Balaban J connectivity index is 2.20. The molecular weight excluding hydrogens is 169 g/mol. The van der Waals surface area contributed by atoms with E-state index in [0.717, 1.165) is 19.4 Å². The third-order valence-corrected chi connectivity index (χ3v) is 2.90. The molecule has 72 valence electrons. The number of likely N-dealkylation sites (N-methyl/N-ethyl adjacent to an activating group) is 1. The Morgan fingerprint density at radius 1 is 1.21 bits per heavy atom. The van der Waals surface area contributed by atoms with Gasteiger partial charge in [-0.1, -0.05) is 54.9 Å². The van der Waals surface area contributed by atoms with Gasteiger partial charge in [0, 0.05) is 6.54 Å². The molecule has 0 unspecified atom stereocenters. The number of hydrogen-bond acceptors (Lipinski definition) is 1. The van der Waals surface area contributed by atoms with Crippen LogP contribution in [0.15, 0.2) is 42.5 Å². The number of hydrogen-bond donors (Lipinski definition) is 0. The zero-order valence-electron chi connectivity index (χ0n) is 8.69. The van der Waals surface area contributed by atoms with Gasteiger partial charge < -0.3 is 4.81 Å². The highest BCUT2D eigenvalue weighted by molar-refractivity contribution is 6.71. The Kier molecular flexibility index (Phi) is 3.05. The Bertz CT molecular complexity index is 307. The van der Waals surface area contributed by atoms with Gasteiger partial charge in [-0.05, 0) is 12.9 Å². The van der Waals surface area contributed by atoms with E-state index in [1.54, 1.807) is 0 Å². The second-order valence-electron chi connectivity index (χ2n) is 3.72. The molecule has 0 N–H and O–H groups in total. The fourth-order valence-corrected chi connectivity index (χ4v) is 2.08. The first kappa shape index (κ1) is 9.54. The van der Waals surface area contributed by atoms with Crippen LogP contribution in [0, 0.1) is 0 Å². The molecule has 0 spiro atoms. The minimum atomic E-state index is 0.589. The number of rotatable bonds is 2. The maximum Gasteiger partial charge on any atom is 0.261 e. The van der Waals surface area contributed by atoms with Gasteiger partial charge >= 0.3 is 0 Å². The van der Waals surface area contributed by atoms with Crippen LogP contribution in [0.3, 0.4) is 0 Å². The lowest BCUT2D eigenvalue weighted by molar-refractivity contribution is 0.502. The summed E-state index contributed by atoms with van der Waals surface area (Å²) in [5, 5.41) is 0. The highest BCUT2D eigenvalue weighted by atomic mass is 15.0. The lowest BCUT2D eigenvalue weighted by Crippen LogP contribution is -2.49. The van der Waals surface area contributed by atoms with Crippen molar-refractivity contribution >= 4 is 12.3 Å². The van der Waals surface area contributed by atoms with Crippen molar-refractivity contribution in [2.45, 2.75) is 13.2 Å². The molecule has 1 aromatic rings. The van der Waals surface area contributed by atoms with Crippen LogP contribution in [0.2, 0.25) is 6.32 Å². The maximum absolute atomic E-state index is 2.51. The molecule has 0 amide bonds. The summed E-state index contributed by atoms with van der Waals surface area (Å²) >= 11 is 0. The minimum Gasteiger partial charge on any atom is -0.335 e. The van der Waals surface area contributed by atoms with Crippen LogP contribution in [0.25, 0.3) is 0 Å². The first-order valence-electron chi connectivity index (χ1n) is 5.36. The van der Waals surface area contributed by atoms with Crippen LogP contribution in [0.1, 0.15) is 6.92 Å². The standard InChI is InChI=1S/C12H16BN/c1-2-14-11-7-6-10-13(14)12-8-4-3-5-9-12/h3-9H,2,10-11H2,1H3.